The van der Waals surface area contributed by atoms with Gasteiger partial charge in [0.15, 0.2) is 0 Å². The second-order valence-electron chi connectivity index (χ2n) is 10.3. The van der Waals surface area contributed by atoms with Crippen LogP contribution < -0.4 is 9.47 Å². The van der Waals surface area contributed by atoms with Gasteiger partial charge in [-0.2, -0.15) is 0 Å². The highest BCUT2D eigenvalue weighted by molar-refractivity contribution is 5.72. The molecule has 0 spiro atoms. The monoisotopic (exact) mass is 499 g/mol. The fraction of sp³-hybridized carbons (Fsp3) is 0.414. The first-order chi connectivity index (χ1) is 17.0. The van der Waals surface area contributed by atoms with E-state index in [1.54, 1.807) is 45.2 Å². The number of aryl methyl sites for hydroxylation is 1. The second-order valence-corrected chi connectivity index (χ2v) is 10.3. The molecule has 4 rings (SSSR count). The van der Waals surface area contributed by atoms with Crippen molar-refractivity contribution in [3.63, 3.8) is 0 Å². The summed E-state index contributed by atoms with van der Waals surface area (Å²) in [4.78, 5) is 4.33. The smallest absolute Gasteiger partial charge is 0.264 e. The van der Waals surface area contributed by atoms with Crippen LogP contribution in [-0.4, -0.2) is 22.3 Å². The van der Waals surface area contributed by atoms with Crippen LogP contribution in [0.5, 0.6) is 11.6 Å². The largest absolute Gasteiger partial charge is 0.493 e. The Morgan fingerprint density at radius 3 is 2.50 bits per heavy atom. The number of fused-ring (bicyclic) bond motifs is 1. The number of hydrogen-bond acceptors (Lipinski definition) is 4. The maximum atomic E-state index is 14.8. The first-order valence-corrected chi connectivity index (χ1v) is 12.2. The van der Waals surface area contributed by atoms with Crippen LogP contribution in [0.4, 0.5) is 13.2 Å². The Morgan fingerprint density at radius 2 is 1.81 bits per heavy atom. The first-order valence-electron chi connectivity index (χ1n) is 12.2. The van der Waals surface area contributed by atoms with E-state index in [2.05, 4.69) is 11.9 Å². The lowest BCUT2D eigenvalue weighted by molar-refractivity contribution is 0.0553. The molecule has 1 aliphatic rings. The third kappa shape index (κ3) is 6.19. The molecule has 36 heavy (non-hydrogen) atoms. The van der Waals surface area contributed by atoms with E-state index in [0.29, 0.717) is 41.7 Å². The summed E-state index contributed by atoms with van der Waals surface area (Å²) in [6.07, 6.45) is 1.34. The lowest BCUT2D eigenvalue weighted by atomic mass is 9.94. The minimum Gasteiger partial charge on any atom is -0.493 e. The lowest BCUT2D eigenvalue weighted by Crippen LogP contribution is -2.21. The van der Waals surface area contributed by atoms with Gasteiger partial charge in [-0.25, -0.2) is 18.2 Å². The van der Waals surface area contributed by atoms with Crippen molar-refractivity contribution in [3.8, 4) is 22.8 Å². The van der Waals surface area contributed by atoms with Gasteiger partial charge in [0.25, 0.3) is 6.43 Å². The minimum atomic E-state index is -2.84. The van der Waals surface area contributed by atoms with Crippen molar-refractivity contribution in [1.29, 1.82) is 0 Å². The van der Waals surface area contributed by atoms with Crippen molar-refractivity contribution in [3.05, 3.63) is 76.2 Å². The molecule has 1 heterocycles. The molecule has 1 aliphatic carbocycles. The summed E-state index contributed by atoms with van der Waals surface area (Å²) >= 11 is 0. The Labute approximate surface area is 210 Å². The summed E-state index contributed by atoms with van der Waals surface area (Å²) in [5.41, 5.74) is 2.86. The number of pyridine rings is 1. The van der Waals surface area contributed by atoms with Gasteiger partial charge in [0.1, 0.15) is 18.2 Å². The number of alkyl halides is 2. The van der Waals surface area contributed by atoms with Crippen LogP contribution in [0.3, 0.4) is 0 Å². The number of halogens is 3. The maximum absolute atomic E-state index is 14.8. The Bertz CT molecular complexity index is 1240. The summed E-state index contributed by atoms with van der Waals surface area (Å²) in [5.74, 6) is 0.779. The first kappa shape index (κ1) is 26.0. The minimum absolute atomic E-state index is 0.124. The van der Waals surface area contributed by atoms with Gasteiger partial charge in [-0.15, -0.1) is 0 Å². The molecule has 192 valence electrons. The summed E-state index contributed by atoms with van der Waals surface area (Å²) < 4.78 is 54.0. The van der Waals surface area contributed by atoms with E-state index in [9.17, 15) is 18.3 Å². The van der Waals surface area contributed by atoms with E-state index >= 15 is 0 Å². The maximum Gasteiger partial charge on any atom is 0.264 e. The molecule has 1 unspecified atom stereocenters. The number of hydrogen-bond donors (Lipinski definition) is 1. The van der Waals surface area contributed by atoms with Gasteiger partial charge in [0, 0.05) is 29.8 Å². The molecule has 1 atom stereocenters. The van der Waals surface area contributed by atoms with Crippen LogP contribution in [0.2, 0.25) is 0 Å². The molecular weight excluding hydrogens is 467 g/mol. The summed E-state index contributed by atoms with van der Waals surface area (Å²) in [6, 6.07) is 9.35. The number of benzene rings is 2. The zero-order chi connectivity index (χ0) is 26.0. The van der Waals surface area contributed by atoms with Crippen LogP contribution >= 0.6 is 0 Å². The molecule has 0 saturated carbocycles. The Hall–Kier alpha value is -3.06. The third-order valence-electron chi connectivity index (χ3n) is 6.49. The Kier molecular flexibility index (Phi) is 7.59. The molecule has 0 fully saturated rings. The number of aliphatic hydroxyl groups is 1. The molecular formula is C29H32F3NO3. The van der Waals surface area contributed by atoms with Gasteiger partial charge in [0.2, 0.25) is 5.88 Å². The predicted octanol–water partition coefficient (Wildman–Crippen LogP) is 6.99. The van der Waals surface area contributed by atoms with Gasteiger partial charge in [-0.05, 0) is 91.6 Å². The third-order valence-corrected chi connectivity index (χ3v) is 6.49. The molecule has 4 nitrogen and oxygen atoms in total. The molecule has 1 N–H and O–H groups in total. The predicted molar refractivity (Wildman–Crippen MR) is 133 cm³/mol. The lowest BCUT2D eigenvalue weighted by Gasteiger charge is -2.18. The standard InChI is InChI=1S/C29H32F3NO3/c1-17-9-19-13-27(33-15-20(19)10-17)36-16-21-12-24(25(28(31)32)14-26(21)30)23-6-5-22(11-18(23)2)35-8-7-29(3,4)34/h5-6,11-15,17,28,34H,7-10,16H2,1-4H3. The van der Waals surface area contributed by atoms with Crippen molar-refractivity contribution in [2.45, 2.75) is 65.6 Å². The fourth-order valence-corrected chi connectivity index (χ4v) is 4.54. The van der Waals surface area contributed by atoms with Gasteiger partial charge < -0.3 is 14.6 Å². The van der Waals surface area contributed by atoms with Crippen molar-refractivity contribution in [2.24, 2.45) is 5.92 Å². The van der Waals surface area contributed by atoms with E-state index < -0.39 is 17.8 Å². The Morgan fingerprint density at radius 1 is 1.06 bits per heavy atom. The van der Waals surface area contributed by atoms with E-state index in [1.807, 2.05) is 6.07 Å². The van der Waals surface area contributed by atoms with Crippen molar-refractivity contribution >= 4 is 0 Å². The normalized spacial score (nSPS) is 15.3. The van der Waals surface area contributed by atoms with Gasteiger partial charge in [0.05, 0.1) is 12.2 Å². The van der Waals surface area contributed by atoms with Gasteiger partial charge >= 0.3 is 0 Å². The van der Waals surface area contributed by atoms with Crippen molar-refractivity contribution < 1.29 is 27.8 Å². The topological polar surface area (TPSA) is 51.6 Å². The van der Waals surface area contributed by atoms with Crippen LogP contribution in [0.15, 0.2) is 42.6 Å². The van der Waals surface area contributed by atoms with Gasteiger partial charge in [-0.1, -0.05) is 13.0 Å². The van der Waals surface area contributed by atoms with E-state index in [-0.39, 0.29) is 23.3 Å². The molecule has 3 aromatic rings. The SMILES string of the molecule is Cc1cc(OCCC(C)(C)O)ccc1-c1cc(COc2cc3c(cn2)CC(C)C3)c(F)cc1C(F)F. The average molecular weight is 500 g/mol. The highest BCUT2D eigenvalue weighted by Crippen LogP contribution is 2.37. The molecule has 1 aromatic heterocycles. The zero-order valence-electron chi connectivity index (χ0n) is 21.1. The second kappa shape index (κ2) is 10.5. The number of nitrogens with zero attached hydrogens (tertiary/aromatic N) is 1. The van der Waals surface area contributed by atoms with Crippen molar-refractivity contribution in [2.75, 3.05) is 6.61 Å². The number of rotatable bonds is 9. The molecule has 0 aliphatic heterocycles. The molecule has 0 saturated heterocycles. The zero-order valence-corrected chi connectivity index (χ0v) is 21.1. The van der Waals surface area contributed by atoms with E-state index in [4.69, 9.17) is 9.47 Å². The summed E-state index contributed by atoms with van der Waals surface area (Å²) in [6.45, 7) is 7.57. The van der Waals surface area contributed by atoms with Crippen molar-refractivity contribution in [1.82, 2.24) is 4.98 Å². The molecule has 0 amide bonds. The quantitative estimate of drug-likeness (QED) is 0.345. The average Bonchev–Trinajstić information content (AvgIpc) is 3.16. The highest BCUT2D eigenvalue weighted by Gasteiger charge is 2.22. The highest BCUT2D eigenvalue weighted by atomic mass is 19.3. The molecule has 0 radical (unpaired) electrons. The fourth-order valence-electron chi connectivity index (χ4n) is 4.54. The Balaban J connectivity index is 1.56. The summed E-state index contributed by atoms with van der Waals surface area (Å²) in [5, 5.41) is 9.85. The molecule has 2 aromatic carbocycles. The molecule has 0 bridgehead atoms. The van der Waals surface area contributed by atoms with Crippen LogP contribution in [0.25, 0.3) is 11.1 Å². The number of aromatic nitrogens is 1. The summed E-state index contributed by atoms with van der Waals surface area (Å²) in [7, 11) is 0. The van der Waals surface area contributed by atoms with E-state index in [0.717, 1.165) is 18.9 Å². The molecule has 7 heteroatoms. The van der Waals surface area contributed by atoms with Gasteiger partial charge in [-0.3, -0.25) is 0 Å². The van der Waals surface area contributed by atoms with E-state index in [1.165, 1.54) is 17.2 Å². The van der Waals surface area contributed by atoms with Crippen LogP contribution in [0, 0.1) is 18.7 Å². The van der Waals surface area contributed by atoms with Crippen LogP contribution in [0.1, 0.15) is 61.4 Å². The number of ether oxygens (including phenoxy) is 2. The van der Waals surface area contributed by atoms with Crippen LogP contribution in [-0.2, 0) is 19.4 Å².